The molecule has 0 saturated carbocycles. The van der Waals surface area contributed by atoms with E-state index >= 15 is 0 Å². The summed E-state index contributed by atoms with van der Waals surface area (Å²) in [4.78, 5) is 50.1. The molecule has 0 unspecified atom stereocenters. The summed E-state index contributed by atoms with van der Waals surface area (Å²) >= 11 is 0. The molecule has 1 heterocycles. The number of nitrogens with zero attached hydrogens (tertiary/aromatic N) is 1. The van der Waals surface area contributed by atoms with Gasteiger partial charge in [0.1, 0.15) is 6.04 Å². The average Bonchev–Trinajstić information content (AvgIpc) is 3.61. The predicted octanol–water partition coefficient (Wildman–Crippen LogP) is 0.887. The van der Waals surface area contributed by atoms with E-state index in [2.05, 4.69) is 16.0 Å². The van der Waals surface area contributed by atoms with Crippen molar-refractivity contribution in [1.82, 2.24) is 15.5 Å². The second kappa shape index (κ2) is 11.4. The molecule has 0 bridgehead atoms. The summed E-state index contributed by atoms with van der Waals surface area (Å²) in [5, 5.41) is 8.20. The molecule has 9 nitrogen and oxygen atoms in total. The van der Waals surface area contributed by atoms with Gasteiger partial charge < -0.3 is 25.6 Å². The number of rotatable bonds is 10. The van der Waals surface area contributed by atoms with Crippen LogP contribution in [0, 0.1) is 0 Å². The number of benzene rings is 2. The summed E-state index contributed by atoms with van der Waals surface area (Å²) in [5.74, 6) is -1.22. The van der Waals surface area contributed by atoms with Crippen LogP contribution in [0.4, 0.5) is 5.69 Å². The highest BCUT2D eigenvalue weighted by molar-refractivity contribution is 5.97. The Balaban J connectivity index is 1.46. The fraction of sp³-hybridized carbons (Fsp3) is 0.360. The van der Waals surface area contributed by atoms with Crippen LogP contribution in [0.15, 0.2) is 54.6 Å². The highest BCUT2D eigenvalue weighted by Crippen LogP contribution is 2.23. The van der Waals surface area contributed by atoms with Crippen molar-refractivity contribution in [3.63, 3.8) is 0 Å². The van der Waals surface area contributed by atoms with Crippen molar-refractivity contribution in [2.24, 2.45) is 0 Å². The summed E-state index contributed by atoms with van der Waals surface area (Å²) < 4.78 is 5.30. The van der Waals surface area contributed by atoms with Crippen molar-refractivity contribution >= 4 is 29.3 Å². The van der Waals surface area contributed by atoms with Crippen molar-refractivity contribution in [3.05, 3.63) is 65.7 Å². The van der Waals surface area contributed by atoms with E-state index in [-0.39, 0.29) is 17.7 Å². The molecule has 0 spiro atoms. The number of epoxide rings is 1. The van der Waals surface area contributed by atoms with Crippen molar-refractivity contribution < 1.29 is 23.9 Å². The maximum absolute atomic E-state index is 12.6. The normalized spacial score (nSPS) is 17.3. The van der Waals surface area contributed by atoms with Crippen LogP contribution in [-0.2, 0) is 36.8 Å². The van der Waals surface area contributed by atoms with Gasteiger partial charge in [0, 0.05) is 39.7 Å². The summed E-state index contributed by atoms with van der Waals surface area (Å²) in [6, 6.07) is 16.0. The zero-order chi connectivity index (χ0) is 24.7. The lowest BCUT2D eigenvalue weighted by Crippen LogP contribution is -2.49. The van der Waals surface area contributed by atoms with Crippen molar-refractivity contribution in [1.29, 1.82) is 0 Å². The fourth-order valence-electron chi connectivity index (χ4n) is 3.52. The maximum atomic E-state index is 12.6. The Hall–Kier alpha value is -3.72. The van der Waals surface area contributed by atoms with Gasteiger partial charge in [-0.3, -0.25) is 19.2 Å². The average molecular weight is 467 g/mol. The molecule has 4 amide bonds. The number of carbonyl (C=O) groups excluding carboxylic acids is 4. The lowest BCUT2D eigenvalue weighted by molar-refractivity contribution is -0.134. The fourth-order valence-corrected chi connectivity index (χ4v) is 3.52. The lowest BCUT2D eigenvalue weighted by Gasteiger charge is -2.21. The molecule has 0 radical (unpaired) electrons. The number of ether oxygens (including phenoxy) is 1. The van der Waals surface area contributed by atoms with E-state index in [9.17, 15) is 19.2 Å². The third-order valence-corrected chi connectivity index (χ3v) is 5.33. The zero-order valence-corrected chi connectivity index (χ0v) is 19.5. The summed E-state index contributed by atoms with van der Waals surface area (Å²) in [5.41, 5.74) is 2.62. The van der Waals surface area contributed by atoms with Crippen LogP contribution in [0.1, 0.15) is 18.1 Å². The summed E-state index contributed by atoms with van der Waals surface area (Å²) in [6.07, 6.45) is -0.848. The first-order chi connectivity index (χ1) is 16.2. The highest BCUT2D eigenvalue weighted by atomic mass is 16.6. The molecule has 0 aromatic heterocycles. The SMILES string of the molecule is CC(=O)Nc1ccc(CCNC(=O)[C@H]2O[C@H]2C(=O)N[C@@H](Cc2ccccc2)C(=O)N(C)C)cc1. The molecule has 1 aliphatic heterocycles. The first kappa shape index (κ1) is 24.9. The van der Waals surface area contributed by atoms with Gasteiger partial charge in [0.25, 0.3) is 11.8 Å². The van der Waals surface area contributed by atoms with E-state index in [1.54, 1.807) is 26.2 Å². The molecule has 34 heavy (non-hydrogen) atoms. The van der Waals surface area contributed by atoms with Crippen LogP contribution in [-0.4, -0.2) is 67.4 Å². The van der Waals surface area contributed by atoms with E-state index in [1.165, 1.54) is 11.8 Å². The molecule has 1 fully saturated rings. The first-order valence-electron chi connectivity index (χ1n) is 11.1. The van der Waals surface area contributed by atoms with Crippen molar-refractivity contribution in [2.75, 3.05) is 26.0 Å². The van der Waals surface area contributed by atoms with Gasteiger partial charge in [-0.1, -0.05) is 42.5 Å². The van der Waals surface area contributed by atoms with Gasteiger partial charge in [-0.2, -0.15) is 0 Å². The van der Waals surface area contributed by atoms with Crippen molar-refractivity contribution in [3.8, 4) is 0 Å². The van der Waals surface area contributed by atoms with Gasteiger partial charge >= 0.3 is 0 Å². The van der Waals surface area contributed by atoms with E-state index in [4.69, 9.17) is 4.74 Å². The Kier molecular flexibility index (Phi) is 8.37. The number of amides is 4. The van der Waals surface area contributed by atoms with Crippen LogP contribution in [0.5, 0.6) is 0 Å². The topological polar surface area (TPSA) is 120 Å². The van der Waals surface area contributed by atoms with Crippen LogP contribution in [0.3, 0.4) is 0 Å². The molecule has 3 rings (SSSR count). The summed E-state index contributed by atoms with van der Waals surface area (Å²) in [6.45, 7) is 1.82. The Morgan fingerprint density at radius 3 is 2.18 bits per heavy atom. The molecule has 0 aliphatic carbocycles. The second-order valence-corrected chi connectivity index (χ2v) is 8.38. The van der Waals surface area contributed by atoms with Crippen molar-refractivity contribution in [2.45, 2.75) is 38.0 Å². The zero-order valence-electron chi connectivity index (χ0n) is 19.5. The van der Waals surface area contributed by atoms with E-state index in [0.29, 0.717) is 25.1 Å². The minimum absolute atomic E-state index is 0.138. The molecule has 1 saturated heterocycles. The number of carbonyl (C=O) groups is 4. The van der Waals surface area contributed by atoms with E-state index in [0.717, 1.165) is 11.1 Å². The molecule has 1 aliphatic rings. The van der Waals surface area contributed by atoms with Gasteiger partial charge in [0.15, 0.2) is 12.2 Å². The van der Waals surface area contributed by atoms with Crippen LogP contribution >= 0.6 is 0 Å². The largest absolute Gasteiger partial charge is 0.353 e. The molecule has 3 N–H and O–H groups in total. The molecule has 2 aromatic carbocycles. The van der Waals surface area contributed by atoms with Crippen LogP contribution in [0.2, 0.25) is 0 Å². The number of likely N-dealkylation sites (N-methyl/N-ethyl adjacent to an activating group) is 1. The molecule has 2 aromatic rings. The number of anilines is 1. The Labute approximate surface area is 198 Å². The van der Waals surface area contributed by atoms with Gasteiger partial charge in [-0.05, 0) is 29.7 Å². The standard InChI is InChI=1S/C25H30N4O5/c1-16(30)27-19-11-9-17(10-12-19)13-14-26-23(31)21-22(34-21)24(32)28-20(25(33)29(2)3)15-18-7-5-4-6-8-18/h4-12,20-22H,13-15H2,1-3H3,(H,26,31)(H,27,30)(H,28,32)/t20-,21-,22+/m0/s1. The van der Waals surface area contributed by atoms with Gasteiger partial charge in [-0.15, -0.1) is 0 Å². The van der Waals surface area contributed by atoms with E-state index < -0.39 is 24.2 Å². The quantitative estimate of drug-likeness (QED) is 0.449. The third kappa shape index (κ3) is 7.14. The second-order valence-electron chi connectivity index (χ2n) is 8.38. The maximum Gasteiger partial charge on any atom is 0.253 e. The smallest absolute Gasteiger partial charge is 0.253 e. The van der Waals surface area contributed by atoms with Gasteiger partial charge in [0.05, 0.1) is 0 Å². The lowest BCUT2D eigenvalue weighted by atomic mass is 10.0. The molecular formula is C25H30N4O5. The minimum Gasteiger partial charge on any atom is -0.353 e. The Morgan fingerprint density at radius 1 is 0.912 bits per heavy atom. The molecule has 180 valence electrons. The first-order valence-corrected chi connectivity index (χ1v) is 11.1. The molecule has 9 heteroatoms. The molecular weight excluding hydrogens is 436 g/mol. The third-order valence-electron chi connectivity index (χ3n) is 5.33. The summed E-state index contributed by atoms with van der Waals surface area (Å²) in [7, 11) is 3.26. The number of nitrogens with one attached hydrogen (secondary N) is 3. The van der Waals surface area contributed by atoms with Crippen LogP contribution < -0.4 is 16.0 Å². The predicted molar refractivity (Wildman–Crippen MR) is 127 cm³/mol. The highest BCUT2D eigenvalue weighted by Gasteiger charge is 2.50. The van der Waals surface area contributed by atoms with Gasteiger partial charge in [-0.25, -0.2) is 0 Å². The van der Waals surface area contributed by atoms with Crippen LogP contribution in [0.25, 0.3) is 0 Å². The number of hydrogen-bond donors (Lipinski definition) is 3. The monoisotopic (exact) mass is 466 g/mol. The Morgan fingerprint density at radius 2 is 1.56 bits per heavy atom. The molecule has 3 atom stereocenters. The van der Waals surface area contributed by atoms with Gasteiger partial charge in [0.2, 0.25) is 11.8 Å². The number of hydrogen-bond acceptors (Lipinski definition) is 5. The Bertz CT molecular complexity index is 1020. The minimum atomic E-state index is -0.912. The van der Waals surface area contributed by atoms with E-state index in [1.807, 2.05) is 42.5 Å².